The molecule has 0 radical (unpaired) electrons. The first-order chi connectivity index (χ1) is 8.95. The van der Waals surface area contributed by atoms with Crippen molar-refractivity contribution in [3.05, 3.63) is 67.9 Å². The molecule has 0 fully saturated rings. The van der Waals surface area contributed by atoms with Crippen LogP contribution in [0.25, 0.3) is 0 Å². The first kappa shape index (κ1) is 14.5. The molecule has 5 heteroatoms. The summed E-state index contributed by atoms with van der Waals surface area (Å²) in [4.78, 5) is 12.1. The lowest BCUT2D eigenvalue weighted by molar-refractivity contribution is 0.0993. The lowest BCUT2D eigenvalue weighted by atomic mass is 10.0. The quantitative estimate of drug-likeness (QED) is 0.676. The van der Waals surface area contributed by atoms with Crippen LogP contribution in [0.2, 0.25) is 10.0 Å². The first-order valence-electron chi connectivity index (χ1n) is 5.39. The maximum Gasteiger partial charge on any atom is 0.167 e. The Morgan fingerprint density at radius 1 is 1.11 bits per heavy atom. The van der Waals surface area contributed by atoms with Crippen LogP contribution in [0, 0.1) is 5.82 Å². The molecule has 0 spiro atoms. The van der Waals surface area contributed by atoms with Crippen molar-refractivity contribution in [3.8, 4) is 0 Å². The number of ketones is 1. The maximum atomic E-state index is 13.1. The average molecular weight is 362 g/mol. The molecule has 0 aliphatic heterocycles. The highest BCUT2D eigenvalue weighted by Crippen LogP contribution is 2.22. The fraction of sp³-hybridized carbons (Fsp3) is 0.0714. The molecule has 0 amide bonds. The third-order valence-electron chi connectivity index (χ3n) is 2.53. The molecule has 0 saturated carbocycles. The van der Waals surface area contributed by atoms with Gasteiger partial charge in [0.1, 0.15) is 5.82 Å². The fourth-order valence-electron chi connectivity index (χ4n) is 1.65. The minimum atomic E-state index is -0.359. The lowest BCUT2D eigenvalue weighted by Gasteiger charge is -2.04. The van der Waals surface area contributed by atoms with Crippen molar-refractivity contribution >= 4 is 44.9 Å². The topological polar surface area (TPSA) is 17.1 Å². The Morgan fingerprint density at radius 2 is 1.74 bits per heavy atom. The van der Waals surface area contributed by atoms with E-state index in [2.05, 4.69) is 15.9 Å². The molecule has 0 aromatic heterocycles. The zero-order valence-corrected chi connectivity index (χ0v) is 12.7. The summed E-state index contributed by atoms with van der Waals surface area (Å²) in [6.07, 6.45) is 0.162. The number of benzene rings is 2. The Balaban J connectivity index is 2.22. The van der Waals surface area contributed by atoms with Gasteiger partial charge in [-0.05, 0) is 51.8 Å². The predicted molar refractivity (Wildman–Crippen MR) is 78.6 cm³/mol. The third kappa shape index (κ3) is 3.78. The van der Waals surface area contributed by atoms with Gasteiger partial charge in [0.2, 0.25) is 0 Å². The summed E-state index contributed by atoms with van der Waals surface area (Å²) in [7, 11) is 0. The van der Waals surface area contributed by atoms with E-state index in [0.29, 0.717) is 20.1 Å². The number of hydrogen-bond acceptors (Lipinski definition) is 1. The number of halogens is 4. The van der Waals surface area contributed by atoms with E-state index < -0.39 is 0 Å². The molecule has 2 aromatic rings. The lowest BCUT2D eigenvalue weighted by Crippen LogP contribution is -2.03. The van der Waals surface area contributed by atoms with Gasteiger partial charge >= 0.3 is 0 Å². The van der Waals surface area contributed by atoms with Gasteiger partial charge in [0.25, 0.3) is 0 Å². The Hall–Kier alpha value is -0.900. The third-order valence-corrected chi connectivity index (χ3v) is 3.58. The van der Waals surface area contributed by atoms with E-state index in [0.717, 1.165) is 5.56 Å². The monoisotopic (exact) mass is 360 g/mol. The molecule has 98 valence electrons. The van der Waals surface area contributed by atoms with E-state index in [1.807, 2.05) is 0 Å². The standard InChI is InChI=1S/C14H8BrCl2FO/c15-12-3-8(1-2-13(12)18)4-14(19)9-5-10(16)7-11(17)6-9/h1-3,5-7H,4H2. The first-order valence-corrected chi connectivity index (χ1v) is 6.94. The van der Waals surface area contributed by atoms with Crippen molar-refractivity contribution in [1.82, 2.24) is 0 Å². The van der Waals surface area contributed by atoms with Crippen LogP contribution in [0.1, 0.15) is 15.9 Å². The van der Waals surface area contributed by atoms with Gasteiger partial charge in [-0.15, -0.1) is 0 Å². The van der Waals surface area contributed by atoms with Crippen LogP contribution in [-0.4, -0.2) is 5.78 Å². The van der Waals surface area contributed by atoms with Crippen LogP contribution in [0.4, 0.5) is 4.39 Å². The van der Waals surface area contributed by atoms with Gasteiger partial charge in [0.15, 0.2) is 5.78 Å². The molecule has 0 saturated heterocycles. The molecule has 0 bridgehead atoms. The molecule has 0 heterocycles. The van der Waals surface area contributed by atoms with Crippen LogP contribution >= 0.6 is 39.1 Å². The minimum absolute atomic E-state index is 0.122. The molecule has 2 rings (SSSR count). The van der Waals surface area contributed by atoms with E-state index >= 15 is 0 Å². The Kier molecular flexibility index (Phi) is 4.61. The van der Waals surface area contributed by atoms with Gasteiger partial charge in [-0.25, -0.2) is 4.39 Å². The Labute approximate surface area is 128 Å². The molecule has 19 heavy (non-hydrogen) atoms. The van der Waals surface area contributed by atoms with E-state index in [9.17, 15) is 9.18 Å². The Morgan fingerprint density at radius 3 is 2.32 bits per heavy atom. The van der Waals surface area contributed by atoms with Crippen LogP contribution in [0.15, 0.2) is 40.9 Å². The van der Waals surface area contributed by atoms with Gasteiger partial charge < -0.3 is 0 Å². The second kappa shape index (κ2) is 6.04. The molecule has 0 aliphatic carbocycles. The number of carbonyl (C=O) groups is 1. The SMILES string of the molecule is O=C(Cc1ccc(F)c(Br)c1)c1cc(Cl)cc(Cl)c1. The van der Waals surface area contributed by atoms with Gasteiger partial charge in [-0.3, -0.25) is 4.79 Å². The van der Waals surface area contributed by atoms with Crippen LogP contribution < -0.4 is 0 Å². The summed E-state index contributed by atoms with van der Waals surface area (Å²) in [5.74, 6) is -0.482. The zero-order chi connectivity index (χ0) is 14.0. The fourth-order valence-corrected chi connectivity index (χ4v) is 2.60. The molecule has 0 N–H and O–H groups in total. The number of Topliss-reactive ketones (excluding diaryl/α,β-unsaturated/α-hetero) is 1. The molecule has 1 nitrogen and oxygen atoms in total. The molecule has 0 aliphatic rings. The van der Waals surface area contributed by atoms with E-state index in [1.165, 1.54) is 6.07 Å². The molecular formula is C14H8BrCl2FO. The van der Waals surface area contributed by atoms with Crippen molar-refractivity contribution in [2.45, 2.75) is 6.42 Å². The summed E-state index contributed by atoms with van der Waals surface area (Å²) in [6.45, 7) is 0. The molecule has 2 aromatic carbocycles. The van der Waals surface area contributed by atoms with Gasteiger partial charge in [0.05, 0.1) is 4.47 Å². The molecule has 0 unspecified atom stereocenters. The highest BCUT2D eigenvalue weighted by Gasteiger charge is 2.10. The summed E-state index contributed by atoms with van der Waals surface area (Å²) < 4.78 is 13.4. The van der Waals surface area contributed by atoms with Crippen LogP contribution in [0.5, 0.6) is 0 Å². The van der Waals surface area contributed by atoms with E-state index in [1.54, 1.807) is 30.3 Å². The minimum Gasteiger partial charge on any atom is -0.294 e. The molecular weight excluding hydrogens is 354 g/mol. The van der Waals surface area contributed by atoms with Crippen molar-refractivity contribution in [3.63, 3.8) is 0 Å². The van der Waals surface area contributed by atoms with Gasteiger partial charge in [0, 0.05) is 22.0 Å². The smallest absolute Gasteiger partial charge is 0.167 e. The number of hydrogen-bond donors (Lipinski definition) is 0. The highest BCUT2D eigenvalue weighted by atomic mass is 79.9. The van der Waals surface area contributed by atoms with Gasteiger partial charge in [-0.2, -0.15) is 0 Å². The number of carbonyl (C=O) groups excluding carboxylic acids is 1. The van der Waals surface area contributed by atoms with Crippen LogP contribution in [-0.2, 0) is 6.42 Å². The van der Waals surface area contributed by atoms with Gasteiger partial charge in [-0.1, -0.05) is 29.3 Å². The molecule has 0 atom stereocenters. The van der Waals surface area contributed by atoms with E-state index in [-0.39, 0.29) is 18.0 Å². The van der Waals surface area contributed by atoms with Crippen LogP contribution in [0.3, 0.4) is 0 Å². The summed E-state index contributed by atoms with van der Waals surface area (Å²) >= 11 is 14.8. The normalized spacial score (nSPS) is 10.5. The predicted octanol–water partition coefficient (Wildman–Crippen LogP) is 5.32. The maximum absolute atomic E-state index is 13.1. The second-order valence-electron chi connectivity index (χ2n) is 4.01. The average Bonchev–Trinajstić information content (AvgIpc) is 2.32. The number of rotatable bonds is 3. The summed E-state index contributed by atoms with van der Waals surface area (Å²) in [6, 6.07) is 9.16. The summed E-state index contributed by atoms with van der Waals surface area (Å²) in [5.41, 5.74) is 1.16. The van der Waals surface area contributed by atoms with Crippen molar-refractivity contribution in [2.75, 3.05) is 0 Å². The Bertz CT molecular complexity index is 623. The van der Waals surface area contributed by atoms with Crippen molar-refractivity contribution in [1.29, 1.82) is 0 Å². The largest absolute Gasteiger partial charge is 0.294 e. The van der Waals surface area contributed by atoms with E-state index in [4.69, 9.17) is 23.2 Å². The van der Waals surface area contributed by atoms with Crippen molar-refractivity contribution in [2.24, 2.45) is 0 Å². The zero-order valence-electron chi connectivity index (χ0n) is 9.59. The summed E-state index contributed by atoms with van der Waals surface area (Å²) in [5, 5.41) is 0.826. The van der Waals surface area contributed by atoms with Crippen molar-refractivity contribution < 1.29 is 9.18 Å². The highest BCUT2D eigenvalue weighted by molar-refractivity contribution is 9.10. The second-order valence-corrected chi connectivity index (χ2v) is 5.73.